The predicted octanol–water partition coefficient (Wildman–Crippen LogP) is 3.30. The highest BCUT2D eigenvalue weighted by Crippen LogP contribution is 2.28. The van der Waals surface area contributed by atoms with Crippen molar-refractivity contribution in [2.24, 2.45) is 5.41 Å². The Balaban J connectivity index is 2.95. The summed E-state index contributed by atoms with van der Waals surface area (Å²) in [4.78, 5) is 12.0. The van der Waals surface area contributed by atoms with E-state index >= 15 is 0 Å². The molecule has 0 fully saturated rings. The first-order chi connectivity index (χ1) is 8.27. The fraction of sp³-hybridized carbons (Fsp3) is 0.417. The minimum Gasteiger partial charge on any atom is -0.469 e. The van der Waals surface area contributed by atoms with E-state index in [4.69, 9.17) is 23.2 Å². The summed E-state index contributed by atoms with van der Waals surface area (Å²) in [5.41, 5.74) is -0.842. The van der Waals surface area contributed by atoms with Gasteiger partial charge >= 0.3 is 5.97 Å². The van der Waals surface area contributed by atoms with Crippen molar-refractivity contribution in [3.8, 4) is 0 Å². The zero-order valence-electron chi connectivity index (χ0n) is 10.3. The summed E-state index contributed by atoms with van der Waals surface area (Å²) >= 11 is 11.8. The van der Waals surface area contributed by atoms with Crippen LogP contribution in [0.15, 0.2) is 23.1 Å². The van der Waals surface area contributed by atoms with E-state index in [0.717, 1.165) is 0 Å². The maximum atomic E-state index is 12.2. The van der Waals surface area contributed by atoms with Crippen LogP contribution in [0.4, 0.5) is 0 Å². The van der Waals surface area contributed by atoms with E-state index in [1.165, 1.54) is 7.11 Å². The number of methoxy groups -OCH3 is 1. The Morgan fingerprint density at radius 3 is 2.56 bits per heavy atom. The van der Waals surface area contributed by atoms with Crippen molar-refractivity contribution >= 4 is 40.0 Å². The van der Waals surface area contributed by atoms with Gasteiger partial charge in [-0.2, -0.15) is 0 Å². The molecule has 1 unspecified atom stereocenters. The number of hydrogen-bond acceptors (Lipinski definition) is 3. The highest BCUT2D eigenvalue weighted by Gasteiger charge is 2.32. The van der Waals surface area contributed by atoms with E-state index in [0.29, 0.717) is 14.9 Å². The summed E-state index contributed by atoms with van der Waals surface area (Å²) in [6.45, 7) is 3.35. The second-order valence-electron chi connectivity index (χ2n) is 4.44. The second kappa shape index (κ2) is 6.04. The first kappa shape index (κ1) is 15.5. The Labute approximate surface area is 119 Å². The van der Waals surface area contributed by atoms with Crippen LogP contribution in [0.1, 0.15) is 13.8 Å². The number of ether oxygens (including phenoxy) is 1. The minimum absolute atomic E-state index is 0.125. The van der Waals surface area contributed by atoms with Gasteiger partial charge in [-0.1, -0.05) is 23.2 Å². The third-order valence-corrected chi connectivity index (χ3v) is 4.86. The third kappa shape index (κ3) is 3.70. The number of benzene rings is 1. The molecule has 1 rings (SSSR count). The lowest BCUT2D eigenvalue weighted by atomic mass is 9.97. The van der Waals surface area contributed by atoms with Gasteiger partial charge in [0.15, 0.2) is 0 Å². The molecule has 3 nitrogen and oxygen atoms in total. The molecule has 100 valence electrons. The van der Waals surface area contributed by atoms with Crippen LogP contribution in [0, 0.1) is 5.41 Å². The molecule has 0 aliphatic carbocycles. The molecule has 0 N–H and O–H groups in total. The van der Waals surface area contributed by atoms with Crippen molar-refractivity contribution < 1.29 is 13.7 Å². The van der Waals surface area contributed by atoms with Crippen LogP contribution in [-0.4, -0.2) is 23.0 Å². The fourth-order valence-corrected chi connectivity index (χ4v) is 3.48. The van der Waals surface area contributed by atoms with Gasteiger partial charge in [0.05, 0.1) is 33.2 Å². The van der Waals surface area contributed by atoms with Gasteiger partial charge in [-0.15, -0.1) is 0 Å². The molecule has 0 bridgehead atoms. The molecule has 1 aromatic carbocycles. The fourth-order valence-electron chi connectivity index (χ4n) is 1.39. The molecule has 0 aliphatic heterocycles. The number of hydrogen-bond donors (Lipinski definition) is 0. The molecular formula is C12H14Cl2O3S. The average Bonchev–Trinajstić information content (AvgIpc) is 2.30. The van der Waals surface area contributed by atoms with Crippen molar-refractivity contribution in [3.63, 3.8) is 0 Å². The third-order valence-electron chi connectivity index (χ3n) is 2.37. The maximum Gasteiger partial charge on any atom is 0.312 e. The van der Waals surface area contributed by atoms with Gasteiger partial charge in [0, 0.05) is 10.8 Å². The Morgan fingerprint density at radius 1 is 1.39 bits per heavy atom. The normalized spacial score (nSPS) is 13.2. The first-order valence-corrected chi connectivity index (χ1v) is 7.27. The van der Waals surface area contributed by atoms with Crippen molar-refractivity contribution in [1.29, 1.82) is 0 Å². The predicted molar refractivity (Wildman–Crippen MR) is 73.5 cm³/mol. The van der Waals surface area contributed by atoms with Gasteiger partial charge in [-0.3, -0.25) is 9.00 Å². The van der Waals surface area contributed by atoms with E-state index < -0.39 is 22.2 Å². The summed E-state index contributed by atoms with van der Waals surface area (Å²) in [6.07, 6.45) is 0. The SMILES string of the molecule is COC(=O)C(C)(C)CS(=O)c1cc(Cl)ccc1Cl. The van der Waals surface area contributed by atoms with Crippen molar-refractivity contribution in [2.75, 3.05) is 12.9 Å². The zero-order valence-corrected chi connectivity index (χ0v) is 12.7. The molecule has 1 aromatic rings. The summed E-state index contributed by atoms with van der Waals surface area (Å²) in [5.74, 6) is -0.284. The molecule has 18 heavy (non-hydrogen) atoms. The summed E-state index contributed by atoms with van der Waals surface area (Å²) in [7, 11) is -0.109. The Morgan fingerprint density at radius 2 is 2.00 bits per heavy atom. The number of rotatable bonds is 4. The zero-order chi connectivity index (χ0) is 13.9. The lowest BCUT2D eigenvalue weighted by Crippen LogP contribution is -2.31. The van der Waals surface area contributed by atoms with Crippen LogP contribution < -0.4 is 0 Å². The molecule has 0 aliphatic rings. The Bertz CT molecular complexity index is 486. The highest BCUT2D eigenvalue weighted by atomic mass is 35.5. The molecule has 0 saturated heterocycles. The van der Waals surface area contributed by atoms with E-state index in [-0.39, 0.29) is 5.75 Å². The highest BCUT2D eigenvalue weighted by molar-refractivity contribution is 7.85. The van der Waals surface area contributed by atoms with E-state index in [9.17, 15) is 9.00 Å². The van der Waals surface area contributed by atoms with E-state index in [1.54, 1.807) is 32.0 Å². The average molecular weight is 309 g/mol. The molecule has 0 amide bonds. The monoisotopic (exact) mass is 308 g/mol. The Hall–Kier alpha value is -0.580. The van der Waals surface area contributed by atoms with E-state index in [1.807, 2.05) is 0 Å². The van der Waals surface area contributed by atoms with Crippen molar-refractivity contribution in [2.45, 2.75) is 18.7 Å². The number of halogens is 2. The first-order valence-electron chi connectivity index (χ1n) is 5.20. The standard InChI is InChI=1S/C12H14Cl2O3S/c1-12(2,11(15)17-3)7-18(16)10-6-8(13)4-5-9(10)14/h4-6H,7H2,1-3H3. The van der Waals surface area contributed by atoms with Crippen LogP contribution in [0.5, 0.6) is 0 Å². The minimum atomic E-state index is -1.41. The van der Waals surface area contributed by atoms with Gasteiger partial charge < -0.3 is 4.74 Å². The van der Waals surface area contributed by atoms with Gasteiger partial charge in [0.2, 0.25) is 0 Å². The number of esters is 1. The summed E-state index contributed by atoms with van der Waals surface area (Å²) in [5, 5.41) is 0.831. The molecule has 0 saturated carbocycles. The van der Waals surface area contributed by atoms with Gasteiger partial charge in [0.1, 0.15) is 0 Å². The summed E-state index contributed by atoms with van der Waals surface area (Å²) in [6, 6.07) is 4.76. The topological polar surface area (TPSA) is 43.4 Å². The number of carbonyl (C=O) groups is 1. The molecule has 0 heterocycles. The van der Waals surface area contributed by atoms with Gasteiger partial charge in [0.25, 0.3) is 0 Å². The van der Waals surface area contributed by atoms with Crippen molar-refractivity contribution in [1.82, 2.24) is 0 Å². The molecule has 6 heteroatoms. The molecular weight excluding hydrogens is 295 g/mol. The largest absolute Gasteiger partial charge is 0.469 e. The van der Waals surface area contributed by atoms with Crippen molar-refractivity contribution in [3.05, 3.63) is 28.2 Å². The summed E-state index contributed by atoms with van der Waals surface area (Å²) < 4.78 is 16.9. The van der Waals surface area contributed by atoms with Crippen LogP contribution in [0.3, 0.4) is 0 Å². The lowest BCUT2D eigenvalue weighted by molar-refractivity contribution is -0.149. The quantitative estimate of drug-likeness (QED) is 0.802. The molecule has 0 spiro atoms. The molecule has 1 atom stereocenters. The van der Waals surface area contributed by atoms with Gasteiger partial charge in [-0.25, -0.2) is 0 Å². The van der Waals surface area contributed by atoms with Crippen LogP contribution >= 0.6 is 23.2 Å². The van der Waals surface area contributed by atoms with Crippen LogP contribution in [-0.2, 0) is 20.3 Å². The lowest BCUT2D eigenvalue weighted by Gasteiger charge is -2.20. The van der Waals surface area contributed by atoms with Gasteiger partial charge in [-0.05, 0) is 32.0 Å². The number of carbonyl (C=O) groups excluding carboxylic acids is 1. The van der Waals surface area contributed by atoms with Crippen LogP contribution in [0.25, 0.3) is 0 Å². The van der Waals surface area contributed by atoms with E-state index in [2.05, 4.69) is 4.74 Å². The Kier molecular flexibility index (Phi) is 5.20. The smallest absolute Gasteiger partial charge is 0.312 e. The molecule has 0 radical (unpaired) electrons. The second-order valence-corrected chi connectivity index (χ2v) is 6.70. The molecule has 0 aromatic heterocycles. The van der Waals surface area contributed by atoms with Crippen LogP contribution in [0.2, 0.25) is 10.0 Å². The maximum absolute atomic E-state index is 12.2.